The van der Waals surface area contributed by atoms with E-state index < -0.39 is 6.04 Å². The highest BCUT2D eigenvalue weighted by Gasteiger charge is 2.24. The molecule has 1 aromatic heterocycles. The summed E-state index contributed by atoms with van der Waals surface area (Å²) in [6, 6.07) is 27.7. The molecule has 0 bridgehead atoms. The number of ketones is 1. The summed E-state index contributed by atoms with van der Waals surface area (Å²) in [5, 5.41) is 2.93. The number of pyridine rings is 1. The minimum Gasteiger partial charge on any atom is -0.457 e. The quantitative estimate of drug-likeness (QED) is 0.246. The summed E-state index contributed by atoms with van der Waals surface area (Å²) in [7, 11) is 0. The first-order chi connectivity index (χ1) is 21.0. The number of halogens is 1. The van der Waals surface area contributed by atoms with Crippen LogP contribution >= 0.6 is 0 Å². The molecule has 8 nitrogen and oxygen atoms in total. The van der Waals surface area contributed by atoms with Crippen molar-refractivity contribution in [2.24, 2.45) is 0 Å². The van der Waals surface area contributed by atoms with Crippen molar-refractivity contribution in [2.45, 2.75) is 19.1 Å². The summed E-state index contributed by atoms with van der Waals surface area (Å²) in [6.07, 6.45) is 1.90. The van der Waals surface area contributed by atoms with E-state index in [1.807, 2.05) is 60.7 Å². The molecule has 0 aliphatic carbocycles. The highest BCUT2D eigenvalue weighted by molar-refractivity contribution is 5.91. The number of Topliss-reactive ketones (excluding diaryl/α,β-unsaturated/α-hetero) is 1. The lowest BCUT2D eigenvalue weighted by Gasteiger charge is -2.35. The van der Waals surface area contributed by atoms with Crippen LogP contribution in [-0.4, -0.2) is 66.9 Å². The maximum Gasteiger partial charge on any atom is 0.234 e. The first-order valence-corrected chi connectivity index (χ1v) is 14.4. The van der Waals surface area contributed by atoms with Crippen LogP contribution in [0, 0.1) is 5.82 Å². The van der Waals surface area contributed by atoms with Crippen molar-refractivity contribution in [1.82, 2.24) is 15.2 Å². The third-order valence-electron chi connectivity index (χ3n) is 7.18. The molecule has 9 heteroatoms. The molecule has 3 aromatic carbocycles. The zero-order chi connectivity index (χ0) is 29.9. The molecule has 0 saturated carbocycles. The van der Waals surface area contributed by atoms with Crippen LogP contribution in [0.3, 0.4) is 0 Å². The van der Waals surface area contributed by atoms with Crippen LogP contribution in [-0.2, 0) is 27.4 Å². The number of hydrogen-bond acceptors (Lipinski definition) is 7. The van der Waals surface area contributed by atoms with Gasteiger partial charge in [0.05, 0.1) is 19.8 Å². The van der Waals surface area contributed by atoms with Gasteiger partial charge in [0.2, 0.25) is 5.91 Å². The van der Waals surface area contributed by atoms with E-state index in [0.717, 1.165) is 43.1 Å². The van der Waals surface area contributed by atoms with Gasteiger partial charge in [0.1, 0.15) is 29.2 Å². The van der Waals surface area contributed by atoms with Gasteiger partial charge in [-0.15, -0.1) is 0 Å². The molecule has 5 rings (SSSR count). The molecule has 222 valence electrons. The predicted molar refractivity (Wildman–Crippen MR) is 163 cm³/mol. The standard InChI is InChI=1S/C34H35FN4O4/c35-28-11-15-30(16-12-28)43-29-13-9-26(10-14-29)22-32(40)31(25-42-24-27-6-2-1-3-7-27)37-34(41)23-38-18-20-39(21-19-38)33-8-4-5-17-36-33/h1-17,31H,18-25H2,(H,37,41)/t31-/m0/s1. The molecule has 1 fully saturated rings. The van der Waals surface area contributed by atoms with Crippen molar-refractivity contribution in [2.75, 3.05) is 44.2 Å². The van der Waals surface area contributed by atoms with Gasteiger partial charge in [-0.05, 0) is 59.7 Å². The van der Waals surface area contributed by atoms with E-state index in [-0.39, 0.29) is 37.1 Å². The highest BCUT2D eigenvalue weighted by Crippen LogP contribution is 2.22. The Balaban J connectivity index is 1.16. The highest BCUT2D eigenvalue weighted by atomic mass is 19.1. The monoisotopic (exact) mass is 582 g/mol. The van der Waals surface area contributed by atoms with Crippen LogP contribution in [0.25, 0.3) is 0 Å². The number of aromatic nitrogens is 1. The molecule has 1 aliphatic rings. The molecule has 1 saturated heterocycles. The zero-order valence-electron chi connectivity index (χ0n) is 23.9. The van der Waals surface area contributed by atoms with Gasteiger partial charge in [0.15, 0.2) is 5.78 Å². The molecule has 0 unspecified atom stereocenters. The van der Waals surface area contributed by atoms with E-state index in [0.29, 0.717) is 18.1 Å². The summed E-state index contributed by atoms with van der Waals surface area (Å²) in [4.78, 5) is 35.2. The lowest BCUT2D eigenvalue weighted by atomic mass is 10.0. The fourth-order valence-electron chi connectivity index (χ4n) is 4.84. The number of nitrogens with zero attached hydrogens (tertiary/aromatic N) is 3. The predicted octanol–water partition coefficient (Wildman–Crippen LogP) is 4.65. The lowest BCUT2D eigenvalue weighted by molar-refractivity contribution is -0.129. The molecule has 2 heterocycles. The number of anilines is 1. The zero-order valence-corrected chi connectivity index (χ0v) is 23.9. The molecular weight excluding hydrogens is 547 g/mol. The number of nitrogens with one attached hydrogen (secondary N) is 1. The van der Waals surface area contributed by atoms with Crippen molar-refractivity contribution in [3.63, 3.8) is 0 Å². The average Bonchev–Trinajstić information content (AvgIpc) is 3.04. The normalized spacial score (nSPS) is 14.2. The van der Waals surface area contributed by atoms with E-state index in [4.69, 9.17) is 9.47 Å². The number of ether oxygens (including phenoxy) is 2. The summed E-state index contributed by atoms with van der Waals surface area (Å²) in [5.41, 5.74) is 1.77. The number of benzene rings is 3. The SMILES string of the molecule is O=C(CN1CCN(c2ccccn2)CC1)N[C@@H](COCc1ccccc1)C(=O)Cc1ccc(Oc2ccc(F)cc2)cc1. The van der Waals surface area contributed by atoms with Crippen molar-refractivity contribution in [1.29, 1.82) is 0 Å². The Bertz CT molecular complexity index is 1450. The lowest BCUT2D eigenvalue weighted by Crippen LogP contribution is -2.52. The van der Waals surface area contributed by atoms with E-state index in [1.165, 1.54) is 12.1 Å². The van der Waals surface area contributed by atoms with Gasteiger partial charge in [-0.25, -0.2) is 9.37 Å². The number of carbonyl (C=O) groups excluding carboxylic acids is 2. The molecule has 43 heavy (non-hydrogen) atoms. The summed E-state index contributed by atoms with van der Waals surface area (Å²) < 4.78 is 24.8. The van der Waals surface area contributed by atoms with E-state index in [1.54, 1.807) is 30.5 Å². The average molecular weight is 583 g/mol. The maximum atomic E-state index is 13.4. The molecule has 1 aliphatic heterocycles. The minimum atomic E-state index is -0.791. The largest absolute Gasteiger partial charge is 0.457 e. The fourth-order valence-corrected chi connectivity index (χ4v) is 4.84. The van der Waals surface area contributed by atoms with Gasteiger partial charge < -0.3 is 19.7 Å². The number of rotatable bonds is 13. The third-order valence-corrected chi connectivity index (χ3v) is 7.18. The van der Waals surface area contributed by atoms with Gasteiger partial charge in [-0.3, -0.25) is 14.5 Å². The van der Waals surface area contributed by atoms with E-state index >= 15 is 0 Å². The molecule has 0 spiro atoms. The number of amides is 1. The summed E-state index contributed by atoms with van der Waals surface area (Å²) >= 11 is 0. The Morgan fingerprint density at radius 1 is 0.814 bits per heavy atom. The van der Waals surface area contributed by atoms with Crippen LogP contribution in [0.5, 0.6) is 11.5 Å². The molecule has 1 N–H and O–H groups in total. The topological polar surface area (TPSA) is 84.0 Å². The molecule has 1 amide bonds. The van der Waals surface area contributed by atoms with E-state index in [9.17, 15) is 14.0 Å². The second kappa shape index (κ2) is 15.0. The van der Waals surface area contributed by atoms with Crippen LogP contribution < -0.4 is 15.0 Å². The molecule has 0 radical (unpaired) electrons. The smallest absolute Gasteiger partial charge is 0.234 e. The van der Waals surface area contributed by atoms with Crippen molar-refractivity contribution in [3.05, 3.63) is 120 Å². The molecule has 4 aromatic rings. The van der Waals surface area contributed by atoms with Gasteiger partial charge >= 0.3 is 0 Å². The maximum absolute atomic E-state index is 13.4. The number of piperazine rings is 1. The second-order valence-electron chi connectivity index (χ2n) is 10.4. The Hall–Kier alpha value is -4.60. The molecular formula is C34H35FN4O4. The summed E-state index contributed by atoms with van der Waals surface area (Å²) in [5.74, 6) is 1.33. The number of carbonyl (C=O) groups is 2. The Labute approximate surface area is 251 Å². The summed E-state index contributed by atoms with van der Waals surface area (Å²) in [6.45, 7) is 3.60. The first-order valence-electron chi connectivity index (χ1n) is 14.4. The number of hydrogen-bond donors (Lipinski definition) is 1. The van der Waals surface area contributed by atoms with Gasteiger partial charge in [0.25, 0.3) is 0 Å². The Kier molecular flexibility index (Phi) is 10.5. The van der Waals surface area contributed by atoms with Crippen LogP contribution in [0.15, 0.2) is 103 Å². The van der Waals surface area contributed by atoms with Gasteiger partial charge in [0, 0.05) is 38.8 Å². The van der Waals surface area contributed by atoms with Crippen molar-refractivity contribution < 1.29 is 23.5 Å². The van der Waals surface area contributed by atoms with Gasteiger partial charge in [-0.1, -0.05) is 48.5 Å². The third kappa shape index (κ3) is 9.19. The Morgan fingerprint density at radius 2 is 1.49 bits per heavy atom. The van der Waals surface area contributed by atoms with Crippen LogP contribution in [0.4, 0.5) is 10.2 Å². The first kappa shape index (κ1) is 29.9. The fraction of sp³-hybridized carbons (Fsp3) is 0.265. The Morgan fingerprint density at radius 3 is 2.16 bits per heavy atom. The van der Waals surface area contributed by atoms with Crippen molar-refractivity contribution >= 4 is 17.5 Å². The van der Waals surface area contributed by atoms with Crippen LogP contribution in [0.2, 0.25) is 0 Å². The second-order valence-corrected chi connectivity index (χ2v) is 10.4. The van der Waals surface area contributed by atoms with Crippen LogP contribution in [0.1, 0.15) is 11.1 Å². The van der Waals surface area contributed by atoms with E-state index in [2.05, 4.69) is 20.1 Å². The molecule has 1 atom stereocenters. The van der Waals surface area contributed by atoms with Gasteiger partial charge in [-0.2, -0.15) is 0 Å². The minimum absolute atomic E-state index is 0.0681. The van der Waals surface area contributed by atoms with Crippen molar-refractivity contribution in [3.8, 4) is 11.5 Å².